The molecule has 150 valence electrons. The van der Waals surface area contributed by atoms with Crippen LogP contribution in [0, 0.1) is 18.7 Å². The zero-order chi connectivity index (χ0) is 19.7. The highest BCUT2D eigenvalue weighted by atomic mass is 32.2. The number of benzene rings is 1. The minimum absolute atomic E-state index is 0.120. The number of hydrogen-bond donors (Lipinski definition) is 1. The zero-order valence-electron chi connectivity index (χ0n) is 16.1. The lowest BCUT2D eigenvalue weighted by molar-refractivity contribution is 0.0591. The van der Waals surface area contributed by atoms with Crippen molar-refractivity contribution in [2.24, 2.45) is 5.92 Å². The highest BCUT2D eigenvalue weighted by molar-refractivity contribution is 7.99. The molecule has 1 aromatic carbocycles. The molecule has 1 fully saturated rings. The first-order chi connectivity index (χ1) is 13.5. The van der Waals surface area contributed by atoms with Gasteiger partial charge in [0.25, 0.3) is 5.56 Å². The Kier molecular flexibility index (Phi) is 5.85. The van der Waals surface area contributed by atoms with Gasteiger partial charge in [-0.25, -0.2) is 9.37 Å². The Bertz CT molecular complexity index is 892. The van der Waals surface area contributed by atoms with E-state index >= 15 is 0 Å². The van der Waals surface area contributed by atoms with Crippen LogP contribution in [0.1, 0.15) is 35.8 Å². The maximum atomic E-state index is 13.1. The smallest absolute Gasteiger partial charge is 0.257 e. The van der Waals surface area contributed by atoms with Crippen molar-refractivity contribution in [3.8, 4) is 0 Å². The monoisotopic (exact) mass is 403 g/mol. The zero-order valence-corrected chi connectivity index (χ0v) is 16.9. The fraction of sp³-hybridized carbons (Fsp3) is 0.524. The average molecular weight is 404 g/mol. The molecule has 0 radical (unpaired) electrons. The number of hydrogen-bond acceptors (Lipinski definition) is 5. The molecule has 7 heteroatoms. The van der Waals surface area contributed by atoms with Gasteiger partial charge in [0.15, 0.2) is 5.16 Å². The number of piperidine rings is 1. The van der Waals surface area contributed by atoms with Crippen molar-refractivity contribution < 1.29 is 9.50 Å². The van der Waals surface area contributed by atoms with Crippen LogP contribution in [0.25, 0.3) is 0 Å². The largest absolute Gasteiger partial charge is 0.388 e. The summed E-state index contributed by atoms with van der Waals surface area (Å²) in [5.74, 6) is 0.832. The molecule has 1 saturated heterocycles. The molecule has 0 aliphatic carbocycles. The molecule has 0 amide bonds. The topological polar surface area (TPSA) is 58.4 Å². The molecule has 1 atom stereocenters. The third-order valence-electron chi connectivity index (χ3n) is 5.95. The third-order valence-corrected chi connectivity index (χ3v) is 6.91. The highest BCUT2D eigenvalue weighted by Crippen LogP contribution is 2.31. The van der Waals surface area contributed by atoms with Gasteiger partial charge in [-0.3, -0.25) is 9.36 Å². The van der Waals surface area contributed by atoms with Gasteiger partial charge in [-0.2, -0.15) is 0 Å². The van der Waals surface area contributed by atoms with Crippen LogP contribution in [0.15, 0.2) is 34.2 Å². The predicted octanol–water partition coefficient (Wildman–Crippen LogP) is 2.78. The van der Waals surface area contributed by atoms with Gasteiger partial charge in [0, 0.05) is 30.1 Å². The van der Waals surface area contributed by atoms with Crippen LogP contribution in [-0.2, 0) is 13.0 Å². The Morgan fingerprint density at radius 1 is 1.25 bits per heavy atom. The van der Waals surface area contributed by atoms with Gasteiger partial charge in [-0.15, -0.1) is 0 Å². The summed E-state index contributed by atoms with van der Waals surface area (Å²) < 4.78 is 14.9. The van der Waals surface area contributed by atoms with E-state index in [4.69, 9.17) is 0 Å². The molecule has 5 nitrogen and oxygen atoms in total. The van der Waals surface area contributed by atoms with E-state index in [2.05, 4.69) is 9.88 Å². The van der Waals surface area contributed by atoms with Gasteiger partial charge in [0.2, 0.25) is 0 Å². The molecule has 3 heterocycles. The second-order valence-corrected chi connectivity index (χ2v) is 8.75. The van der Waals surface area contributed by atoms with E-state index in [-0.39, 0.29) is 17.3 Å². The molecule has 4 rings (SSSR count). The molecule has 0 unspecified atom stereocenters. The minimum Gasteiger partial charge on any atom is -0.388 e. The molecular formula is C21H26FN3O2S. The second kappa shape index (κ2) is 8.35. The van der Waals surface area contributed by atoms with E-state index in [1.165, 1.54) is 12.1 Å². The van der Waals surface area contributed by atoms with E-state index in [0.29, 0.717) is 6.42 Å². The minimum atomic E-state index is -0.548. The van der Waals surface area contributed by atoms with Gasteiger partial charge in [-0.05, 0) is 62.9 Å². The van der Waals surface area contributed by atoms with Gasteiger partial charge in [-0.1, -0.05) is 23.9 Å². The molecule has 2 aliphatic heterocycles. The predicted molar refractivity (Wildman–Crippen MR) is 108 cm³/mol. The SMILES string of the molecule is Cc1nc2n(c(=O)c1CCN1CCC([C@@H](O)c3ccc(F)cc3)CC1)CCS2. The van der Waals surface area contributed by atoms with Crippen LogP contribution >= 0.6 is 11.8 Å². The summed E-state index contributed by atoms with van der Waals surface area (Å²) in [5, 5.41) is 11.4. The lowest BCUT2D eigenvalue weighted by Crippen LogP contribution is -2.38. The number of nitrogens with zero attached hydrogens (tertiary/aromatic N) is 3. The number of fused-ring (bicyclic) bond motifs is 1. The van der Waals surface area contributed by atoms with Crippen molar-refractivity contribution >= 4 is 11.8 Å². The fourth-order valence-corrected chi connectivity index (χ4v) is 5.18. The Hall–Kier alpha value is -1.70. The maximum Gasteiger partial charge on any atom is 0.257 e. The van der Waals surface area contributed by atoms with E-state index in [1.807, 2.05) is 6.92 Å². The van der Waals surface area contributed by atoms with E-state index in [9.17, 15) is 14.3 Å². The standard InChI is InChI=1S/C21H26FN3O2S/c1-14-18(20(27)25-12-13-28-21(25)23-14)8-11-24-9-6-16(7-10-24)19(26)15-2-4-17(22)5-3-15/h2-5,16,19,26H,6-13H2,1H3/t19-/m0/s1. The summed E-state index contributed by atoms with van der Waals surface area (Å²) in [5.41, 5.74) is 2.59. The molecule has 28 heavy (non-hydrogen) atoms. The van der Waals surface area contributed by atoms with Crippen molar-refractivity contribution in [1.82, 2.24) is 14.5 Å². The highest BCUT2D eigenvalue weighted by Gasteiger charge is 2.27. The summed E-state index contributed by atoms with van der Waals surface area (Å²) in [6, 6.07) is 6.14. The van der Waals surface area contributed by atoms with Gasteiger partial charge in [0.1, 0.15) is 5.82 Å². The van der Waals surface area contributed by atoms with E-state index < -0.39 is 6.10 Å². The normalized spacial score (nSPS) is 19.0. The number of thioether (sulfide) groups is 1. The number of aromatic nitrogens is 2. The van der Waals surface area contributed by atoms with Crippen LogP contribution in [0.5, 0.6) is 0 Å². The van der Waals surface area contributed by atoms with Crippen molar-refractivity contribution in [1.29, 1.82) is 0 Å². The number of aliphatic hydroxyl groups excluding tert-OH is 1. The number of likely N-dealkylation sites (tertiary alicyclic amines) is 1. The molecule has 2 aromatic rings. The van der Waals surface area contributed by atoms with Crippen molar-refractivity contribution in [2.45, 2.75) is 44.0 Å². The van der Waals surface area contributed by atoms with Gasteiger partial charge >= 0.3 is 0 Å². The summed E-state index contributed by atoms with van der Waals surface area (Å²) in [7, 11) is 0. The number of rotatable bonds is 5. The molecule has 0 spiro atoms. The summed E-state index contributed by atoms with van der Waals surface area (Å²) in [6.45, 7) is 5.33. The average Bonchev–Trinajstić information content (AvgIpc) is 3.17. The van der Waals surface area contributed by atoms with Crippen LogP contribution in [0.4, 0.5) is 4.39 Å². The first kappa shape index (κ1) is 19.6. The van der Waals surface area contributed by atoms with Crippen LogP contribution < -0.4 is 5.56 Å². The maximum absolute atomic E-state index is 13.1. The van der Waals surface area contributed by atoms with Crippen molar-refractivity contribution in [3.05, 3.63) is 57.3 Å². The Labute approximate surface area is 168 Å². The van der Waals surface area contributed by atoms with E-state index in [1.54, 1.807) is 28.5 Å². The van der Waals surface area contributed by atoms with Crippen LogP contribution in [0.3, 0.4) is 0 Å². The molecule has 2 aliphatic rings. The first-order valence-corrected chi connectivity index (χ1v) is 10.9. The van der Waals surface area contributed by atoms with E-state index in [0.717, 1.165) is 66.8 Å². The van der Waals surface area contributed by atoms with Crippen LogP contribution in [-0.4, -0.2) is 44.9 Å². The van der Waals surface area contributed by atoms with Gasteiger partial charge < -0.3 is 10.0 Å². The first-order valence-electron chi connectivity index (χ1n) is 9.92. The fourth-order valence-electron chi connectivity index (χ4n) is 4.19. The number of aliphatic hydroxyl groups is 1. The summed E-state index contributed by atoms with van der Waals surface area (Å²) in [4.78, 5) is 19.7. The Morgan fingerprint density at radius 2 is 1.96 bits per heavy atom. The van der Waals surface area contributed by atoms with Gasteiger partial charge in [0.05, 0.1) is 6.10 Å². The molecule has 1 N–H and O–H groups in total. The van der Waals surface area contributed by atoms with Crippen molar-refractivity contribution in [3.63, 3.8) is 0 Å². The van der Waals surface area contributed by atoms with Crippen molar-refractivity contribution in [2.75, 3.05) is 25.4 Å². The number of aryl methyl sites for hydroxylation is 1. The van der Waals surface area contributed by atoms with Crippen LogP contribution in [0.2, 0.25) is 0 Å². The molecule has 1 aromatic heterocycles. The lowest BCUT2D eigenvalue weighted by Gasteiger charge is -2.34. The third kappa shape index (κ3) is 4.02. The summed E-state index contributed by atoms with van der Waals surface area (Å²) in [6.07, 6.45) is 1.96. The second-order valence-electron chi connectivity index (χ2n) is 7.69. The Balaban J connectivity index is 1.33. The molecule has 0 bridgehead atoms. The number of halogens is 1. The molecular weight excluding hydrogens is 377 g/mol. The summed E-state index contributed by atoms with van der Waals surface area (Å²) >= 11 is 1.65. The molecule has 0 saturated carbocycles. The lowest BCUT2D eigenvalue weighted by atomic mass is 9.87. The Morgan fingerprint density at radius 3 is 2.68 bits per heavy atom. The quantitative estimate of drug-likeness (QED) is 0.778.